The van der Waals surface area contributed by atoms with Crippen LogP contribution in [0.5, 0.6) is 11.5 Å². The second-order valence-electron chi connectivity index (χ2n) is 4.30. The lowest BCUT2D eigenvalue weighted by molar-refractivity contribution is 0.478. The van der Waals surface area contributed by atoms with Gasteiger partial charge < -0.3 is 10.1 Å². The molecule has 0 heterocycles. The number of rotatable bonds is 5. The molecule has 0 fully saturated rings. The van der Waals surface area contributed by atoms with E-state index in [1.807, 2.05) is 30.3 Å². The lowest BCUT2D eigenvalue weighted by Crippen LogP contribution is -2.11. The number of benzene rings is 2. The Balaban J connectivity index is 2.16. The van der Waals surface area contributed by atoms with Crippen LogP contribution in [-0.4, -0.2) is 6.54 Å². The van der Waals surface area contributed by atoms with E-state index in [0.29, 0.717) is 0 Å². The van der Waals surface area contributed by atoms with Crippen molar-refractivity contribution in [2.75, 3.05) is 6.54 Å². The number of para-hydroxylation sites is 1. The molecule has 0 aliphatic carbocycles. The van der Waals surface area contributed by atoms with Gasteiger partial charge in [-0.15, -0.1) is 0 Å². The van der Waals surface area contributed by atoms with Crippen LogP contribution in [0.1, 0.15) is 18.1 Å². The molecule has 2 rings (SSSR count). The van der Waals surface area contributed by atoms with Crippen LogP contribution in [-0.2, 0) is 6.54 Å². The summed E-state index contributed by atoms with van der Waals surface area (Å²) in [6, 6.07) is 16.2. The molecule has 0 atom stereocenters. The third-order valence-electron chi connectivity index (χ3n) is 2.80. The van der Waals surface area contributed by atoms with Gasteiger partial charge in [0.2, 0.25) is 0 Å². The Morgan fingerprint density at radius 3 is 2.56 bits per heavy atom. The van der Waals surface area contributed by atoms with Crippen LogP contribution in [0.15, 0.2) is 48.5 Å². The van der Waals surface area contributed by atoms with Crippen molar-refractivity contribution in [2.45, 2.75) is 20.4 Å². The maximum atomic E-state index is 5.90. The Labute approximate surface area is 109 Å². The summed E-state index contributed by atoms with van der Waals surface area (Å²) in [5.41, 5.74) is 2.40. The smallest absolute Gasteiger partial charge is 0.130 e. The average molecular weight is 241 g/mol. The molecule has 2 aromatic rings. The monoisotopic (exact) mass is 241 g/mol. The van der Waals surface area contributed by atoms with Crippen molar-refractivity contribution in [2.24, 2.45) is 0 Å². The van der Waals surface area contributed by atoms with Crippen molar-refractivity contribution in [3.8, 4) is 11.5 Å². The van der Waals surface area contributed by atoms with Crippen molar-refractivity contribution >= 4 is 0 Å². The summed E-state index contributed by atoms with van der Waals surface area (Å²) >= 11 is 0. The van der Waals surface area contributed by atoms with Gasteiger partial charge in [-0.05, 0) is 42.8 Å². The lowest BCUT2D eigenvalue weighted by Gasteiger charge is -2.11. The van der Waals surface area contributed by atoms with Crippen LogP contribution in [0.3, 0.4) is 0 Å². The second-order valence-corrected chi connectivity index (χ2v) is 4.30. The summed E-state index contributed by atoms with van der Waals surface area (Å²) < 4.78 is 5.90. The van der Waals surface area contributed by atoms with Crippen molar-refractivity contribution in [3.63, 3.8) is 0 Å². The number of hydrogen-bond donors (Lipinski definition) is 1. The van der Waals surface area contributed by atoms with Gasteiger partial charge in [0.25, 0.3) is 0 Å². The maximum Gasteiger partial charge on any atom is 0.130 e. The number of aryl methyl sites for hydroxylation is 1. The van der Waals surface area contributed by atoms with Crippen molar-refractivity contribution in [3.05, 3.63) is 59.7 Å². The highest BCUT2D eigenvalue weighted by atomic mass is 16.5. The maximum absolute atomic E-state index is 5.90. The minimum atomic E-state index is 0.876. The highest BCUT2D eigenvalue weighted by Crippen LogP contribution is 2.25. The third kappa shape index (κ3) is 3.34. The van der Waals surface area contributed by atoms with Crippen LogP contribution >= 0.6 is 0 Å². The molecule has 0 aliphatic heterocycles. The topological polar surface area (TPSA) is 21.3 Å². The van der Waals surface area contributed by atoms with Crippen LogP contribution in [0, 0.1) is 6.92 Å². The first kappa shape index (κ1) is 12.7. The van der Waals surface area contributed by atoms with Crippen molar-refractivity contribution < 1.29 is 4.74 Å². The third-order valence-corrected chi connectivity index (χ3v) is 2.80. The summed E-state index contributed by atoms with van der Waals surface area (Å²) in [5.74, 6) is 1.80. The molecule has 0 saturated carbocycles. The van der Waals surface area contributed by atoms with Crippen LogP contribution < -0.4 is 10.1 Å². The zero-order valence-corrected chi connectivity index (χ0v) is 10.9. The first-order valence-corrected chi connectivity index (χ1v) is 6.32. The molecule has 0 aliphatic rings. The molecule has 2 aromatic carbocycles. The molecule has 0 radical (unpaired) electrons. The summed E-state index contributed by atoms with van der Waals surface area (Å²) in [7, 11) is 0. The average Bonchev–Trinajstić information content (AvgIpc) is 2.41. The molecular formula is C16H19NO. The first-order valence-electron chi connectivity index (χ1n) is 6.32. The van der Waals surface area contributed by atoms with Crippen molar-refractivity contribution in [1.29, 1.82) is 0 Å². The van der Waals surface area contributed by atoms with E-state index < -0.39 is 0 Å². The van der Waals surface area contributed by atoms with E-state index in [9.17, 15) is 0 Å². The Kier molecular flexibility index (Phi) is 4.37. The normalized spacial score (nSPS) is 10.3. The van der Waals surface area contributed by atoms with Crippen molar-refractivity contribution in [1.82, 2.24) is 5.32 Å². The highest BCUT2D eigenvalue weighted by molar-refractivity contribution is 5.40. The fraction of sp³-hybridized carbons (Fsp3) is 0.250. The molecule has 0 unspecified atom stereocenters. The fourth-order valence-electron chi connectivity index (χ4n) is 1.75. The van der Waals surface area contributed by atoms with Gasteiger partial charge in [-0.2, -0.15) is 0 Å². The SMILES string of the molecule is CCNCc1ccc(C)c(Oc2ccccc2)c1. The highest BCUT2D eigenvalue weighted by Gasteiger charge is 2.03. The Morgan fingerprint density at radius 2 is 1.83 bits per heavy atom. The Morgan fingerprint density at radius 1 is 1.06 bits per heavy atom. The molecule has 2 nitrogen and oxygen atoms in total. The van der Waals surface area contributed by atoms with Gasteiger partial charge >= 0.3 is 0 Å². The zero-order valence-electron chi connectivity index (χ0n) is 10.9. The van der Waals surface area contributed by atoms with Gasteiger partial charge in [0, 0.05) is 6.54 Å². The van der Waals surface area contributed by atoms with Crippen LogP contribution in [0.4, 0.5) is 0 Å². The fourth-order valence-corrected chi connectivity index (χ4v) is 1.75. The van der Waals surface area contributed by atoms with E-state index in [1.54, 1.807) is 0 Å². The lowest BCUT2D eigenvalue weighted by atomic mass is 10.1. The molecular weight excluding hydrogens is 222 g/mol. The van der Waals surface area contributed by atoms with Gasteiger partial charge in [-0.1, -0.05) is 37.3 Å². The minimum Gasteiger partial charge on any atom is -0.457 e. The first-order chi connectivity index (χ1) is 8.79. The summed E-state index contributed by atoms with van der Waals surface area (Å²) in [6.07, 6.45) is 0. The minimum absolute atomic E-state index is 0.876. The molecule has 0 saturated heterocycles. The quantitative estimate of drug-likeness (QED) is 0.857. The van der Waals surface area contributed by atoms with Gasteiger partial charge in [-0.25, -0.2) is 0 Å². The zero-order chi connectivity index (χ0) is 12.8. The summed E-state index contributed by atoms with van der Waals surface area (Å²) in [4.78, 5) is 0. The molecule has 2 heteroatoms. The molecule has 0 spiro atoms. The largest absolute Gasteiger partial charge is 0.457 e. The predicted octanol–water partition coefficient (Wildman–Crippen LogP) is 3.90. The molecule has 0 bridgehead atoms. The summed E-state index contributed by atoms with van der Waals surface area (Å²) in [5, 5.41) is 3.32. The molecule has 1 N–H and O–H groups in total. The Bertz CT molecular complexity index is 494. The van der Waals surface area contributed by atoms with E-state index in [-0.39, 0.29) is 0 Å². The van der Waals surface area contributed by atoms with Gasteiger partial charge in [0.1, 0.15) is 11.5 Å². The standard InChI is InChI=1S/C16H19NO/c1-3-17-12-14-10-9-13(2)16(11-14)18-15-7-5-4-6-8-15/h4-11,17H,3,12H2,1-2H3. The van der Waals surface area contributed by atoms with Crippen LogP contribution in [0.25, 0.3) is 0 Å². The van der Waals surface area contributed by atoms with E-state index >= 15 is 0 Å². The van der Waals surface area contributed by atoms with Gasteiger partial charge in [0.05, 0.1) is 0 Å². The van der Waals surface area contributed by atoms with E-state index in [2.05, 4.69) is 37.4 Å². The second kappa shape index (κ2) is 6.22. The molecule has 18 heavy (non-hydrogen) atoms. The number of nitrogens with one attached hydrogen (secondary N) is 1. The Hall–Kier alpha value is -1.80. The number of hydrogen-bond acceptors (Lipinski definition) is 2. The van der Waals surface area contributed by atoms with Gasteiger partial charge in [-0.3, -0.25) is 0 Å². The molecule has 0 aromatic heterocycles. The summed E-state index contributed by atoms with van der Waals surface area (Å²) in [6.45, 7) is 6.02. The van der Waals surface area contributed by atoms with E-state index in [1.165, 1.54) is 5.56 Å². The van der Waals surface area contributed by atoms with E-state index in [0.717, 1.165) is 30.2 Å². The van der Waals surface area contributed by atoms with E-state index in [4.69, 9.17) is 4.74 Å². The predicted molar refractivity (Wildman–Crippen MR) is 75.1 cm³/mol. The van der Waals surface area contributed by atoms with Gasteiger partial charge in [0.15, 0.2) is 0 Å². The molecule has 94 valence electrons. The van der Waals surface area contributed by atoms with Crippen LogP contribution in [0.2, 0.25) is 0 Å². The molecule has 0 amide bonds. The number of ether oxygens (including phenoxy) is 1.